The number of nitrogens with zero attached hydrogens (tertiary/aromatic N) is 2. The van der Waals surface area contributed by atoms with E-state index in [0.29, 0.717) is 6.42 Å². The number of hydrogen-bond acceptors (Lipinski definition) is 5. The van der Waals surface area contributed by atoms with Gasteiger partial charge in [0.2, 0.25) is 0 Å². The maximum absolute atomic E-state index is 9.60. The van der Waals surface area contributed by atoms with Crippen molar-refractivity contribution in [1.29, 1.82) is 0 Å². The molecule has 190 valence electrons. The molecule has 0 aromatic carbocycles. The Morgan fingerprint density at radius 1 is 0.969 bits per heavy atom. The van der Waals surface area contributed by atoms with Crippen LogP contribution in [0.25, 0.3) is 0 Å². The molecule has 0 aliphatic carbocycles. The second-order valence-corrected chi connectivity index (χ2v) is 6.72. The van der Waals surface area contributed by atoms with E-state index in [1.54, 1.807) is 6.92 Å². The summed E-state index contributed by atoms with van der Waals surface area (Å²) in [6, 6.07) is 0. The number of aliphatic imine (C=N–C) groups is 2. The highest BCUT2D eigenvalue weighted by atomic mass is 16.4. The molecular formula is C23H49N5O4. The van der Waals surface area contributed by atoms with Gasteiger partial charge in [0.25, 0.3) is 0 Å². The Kier molecular flexibility index (Phi) is 38.3. The summed E-state index contributed by atoms with van der Waals surface area (Å²) in [5.74, 6) is -1.26. The summed E-state index contributed by atoms with van der Waals surface area (Å²) >= 11 is 0. The van der Waals surface area contributed by atoms with Gasteiger partial charge >= 0.3 is 11.9 Å². The Labute approximate surface area is 195 Å². The van der Waals surface area contributed by atoms with Gasteiger partial charge in [-0.1, -0.05) is 53.9 Å². The Morgan fingerprint density at radius 2 is 1.53 bits per heavy atom. The fourth-order valence-electron chi connectivity index (χ4n) is 1.59. The molecule has 0 amide bonds. The van der Waals surface area contributed by atoms with Crippen LogP contribution in [0.5, 0.6) is 0 Å². The van der Waals surface area contributed by atoms with Gasteiger partial charge in [-0.3, -0.25) is 19.6 Å². The van der Waals surface area contributed by atoms with Crippen molar-refractivity contribution in [2.45, 2.75) is 98.8 Å². The van der Waals surface area contributed by atoms with E-state index in [0.717, 1.165) is 45.2 Å². The molecule has 1 aliphatic heterocycles. The van der Waals surface area contributed by atoms with Gasteiger partial charge in [-0.05, 0) is 37.8 Å². The second kappa shape index (κ2) is 33.2. The number of carbonyl (C=O) groups is 2. The number of nitrogens with two attached hydrogens (primary N) is 3. The molecule has 8 N–H and O–H groups in total. The topological polar surface area (TPSA) is 177 Å². The minimum atomic E-state index is -0.745. The summed E-state index contributed by atoms with van der Waals surface area (Å²) in [6.07, 6.45) is 13.3. The van der Waals surface area contributed by atoms with Crippen molar-refractivity contribution in [3.8, 4) is 0 Å². The molecule has 0 saturated carbocycles. The molecule has 9 nitrogen and oxygen atoms in total. The average Bonchev–Trinajstić information content (AvgIpc) is 3.28. The summed E-state index contributed by atoms with van der Waals surface area (Å²) in [7, 11) is 0. The number of hydrogen-bond donors (Lipinski definition) is 5. The van der Waals surface area contributed by atoms with Crippen molar-refractivity contribution in [3.05, 3.63) is 11.8 Å². The van der Waals surface area contributed by atoms with Crippen LogP contribution in [0.2, 0.25) is 0 Å². The van der Waals surface area contributed by atoms with Crippen molar-refractivity contribution in [3.63, 3.8) is 0 Å². The fourth-order valence-corrected chi connectivity index (χ4v) is 1.59. The van der Waals surface area contributed by atoms with Gasteiger partial charge < -0.3 is 27.4 Å². The standard InChI is InChI=1S/C6H9N.C5H13N3.C5H13N.C4H8O2.C3H6O2/c1-2-6-3-4-7-5-6;1-2-3-4-8-5(6)7;1-2-3-4-5-6;1-2-3-4(5)6;1-2-3(4)5/h4-5H,2-3H2,1H3;2-4H2,1H3,(H4,6,7,8);2-6H2,1H3;2-3H2,1H3,(H,5,6);2H2,1H3,(H,4,5). The zero-order valence-corrected chi connectivity index (χ0v) is 21.0. The summed E-state index contributed by atoms with van der Waals surface area (Å²) in [6.45, 7) is 11.5. The first-order valence-electron chi connectivity index (χ1n) is 11.5. The van der Waals surface area contributed by atoms with Crippen LogP contribution in [-0.4, -0.2) is 47.4 Å². The lowest BCUT2D eigenvalue weighted by Crippen LogP contribution is -2.22. The zero-order valence-electron chi connectivity index (χ0n) is 21.0. The third kappa shape index (κ3) is 50.8. The van der Waals surface area contributed by atoms with Crippen molar-refractivity contribution >= 4 is 24.1 Å². The lowest BCUT2D eigenvalue weighted by Gasteiger charge is -1.89. The number of aliphatic carboxylic acids is 2. The lowest BCUT2D eigenvalue weighted by molar-refractivity contribution is -0.137. The molecule has 1 aliphatic rings. The van der Waals surface area contributed by atoms with Gasteiger partial charge in [0, 0.05) is 38.2 Å². The van der Waals surface area contributed by atoms with Crippen LogP contribution >= 0.6 is 0 Å². The molecule has 0 radical (unpaired) electrons. The Bertz CT molecular complexity index is 499. The first-order valence-corrected chi connectivity index (χ1v) is 11.5. The van der Waals surface area contributed by atoms with Gasteiger partial charge in [-0.15, -0.1) is 0 Å². The molecule has 32 heavy (non-hydrogen) atoms. The highest BCUT2D eigenvalue weighted by molar-refractivity contribution is 5.75. The third-order valence-corrected chi connectivity index (χ3v) is 3.55. The smallest absolute Gasteiger partial charge is 0.303 e. The summed E-state index contributed by atoms with van der Waals surface area (Å²) < 4.78 is 0. The van der Waals surface area contributed by atoms with Crippen molar-refractivity contribution < 1.29 is 19.8 Å². The van der Waals surface area contributed by atoms with E-state index in [1.807, 2.05) is 19.3 Å². The largest absolute Gasteiger partial charge is 0.481 e. The maximum Gasteiger partial charge on any atom is 0.303 e. The number of carboxylic acid groups (broad SMARTS) is 2. The molecule has 0 atom stereocenters. The van der Waals surface area contributed by atoms with E-state index < -0.39 is 11.9 Å². The van der Waals surface area contributed by atoms with Gasteiger partial charge in [0.05, 0.1) is 0 Å². The predicted octanol–water partition coefficient (Wildman–Crippen LogP) is 4.30. The summed E-state index contributed by atoms with van der Waals surface area (Å²) in [4.78, 5) is 26.7. The van der Waals surface area contributed by atoms with Crippen LogP contribution in [-0.2, 0) is 9.59 Å². The van der Waals surface area contributed by atoms with Crippen LogP contribution in [0.15, 0.2) is 21.8 Å². The molecule has 9 heteroatoms. The van der Waals surface area contributed by atoms with Crippen LogP contribution < -0.4 is 17.2 Å². The molecule has 1 rings (SSSR count). The molecule has 0 aromatic heterocycles. The third-order valence-electron chi connectivity index (χ3n) is 3.55. The number of rotatable bonds is 10. The molecular weight excluding hydrogens is 410 g/mol. The average molecular weight is 460 g/mol. The molecule has 0 spiro atoms. The van der Waals surface area contributed by atoms with E-state index >= 15 is 0 Å². The normalized spacial score (nSPS) is 10.4. The first-order chi connectivity index (χ1) is 15.2. The first kappa shape index (κ1) is 36.9. The number of allylic oxidation sites excluding steroid dienone is 1. The predicted molar refractivity (Wildman–Crippen MR) is 136 cm³/mol. The number of unbranched alkanes of at least 4 members (excludes halogenated alkanes) is 3. The maximum atomic E-state index is 9.60. The Morgan fingerprint density at radius 3 is 1.72 bits per heavy atom. The van der Waals surface area contributed by atoms with Crippen molar-refractivity contribution in [2.24, 2.45) is 27.2 Å². The molecule has 0 aromatic rings. The zero-order chi connectivity index (χ0) is 25.6. The van der Waals surface area contributed by atoms with E-state index in [-0.39, 0.29) is 12.4 Å². The summed E-state index contributed by atoms with van der Waals surface area (Å²) in [5.41, 5.74) is 16.8. The quantitative estimate of drug-likeness (QED) is 0.183. The number of guanidine groups is 1. The van der Waals surface area contributed by atoms with Crippen LogP contribution in [0, 0.1) is 0 Å². The van der Waals surface area contributed by atoms with Gasteiger partial charge in [0.1, 0.15) is 0 Å². The Hall–Kier alpha value is -2.42. The van der Waals surface area contributed by atoms with E-state index in [9.17, 15) is 9.59 Å². The highest BCUT2D eigenvalue weighted by Crippen LogP contribution is 2.08. The minimum absolute atomic E-state index is 0.193. The van der Waals surface area contributed by atoms with E-state index in [2.05, 4.69) is 30.8 Å². The number of carboxylic acids is 2. The van der Waals surface area contributed by atoms with Crippen molar-refractivity contribution in [1.82, 2.24) is 0 Å². The van der Waals surface area contributed by atoms with E-state index in [4.69, 9.17) is 27.4 Å². The lowest BCUT2D eigenvalue weighted by atomic mass is 10.2. The van der Waals surface area contributed by atoms with Gasteiger partial charge in [-0.25, -0.2) is 0 Å². The SMILES string of the molecule is CCC(=O)O.CCC1=CN=CC1.CCCC(=O)O.CCCCCN.CCCCN=C(N)N. The Balaban J connectivity index is -0.000000155. The molecule has 1 heterocycles. The molecule has 0 bridgehead atoms. The monoisotopic (exact) mass is 459 g/mol. The van der Waals surface area contributed by atoms with Gasteiger partial charge in [0.15, 0.2) is 5.96 Å². The van der Waals surface area contributed by atoms with Crippen LogP contribution in [0.3, 0.4) is 0 Å². The highest BCUT2D eigenvalue weighted by Gasteiger charge is 1.93. The van der Waals surface area contributed by atoms with Gasteiger partial charge in [-0.2, -0.15) is 0 Å². The second-order valence-electron chi connectivity index (χ2n) is 6.72. The molecule has 0 saturated heterocycles. The summed E-state index contributed by atoms with van der Waals surface area (Å²) in [5, 5.41) is 15.6. The van der Waals surface area contributed by atoms with Crippen LogP contribution in [0.1, 0.15) is 98.8 Å². The van der Waals surface area contributed by atoms with Crippen molar-refractivity contribution in [2.75, 3.05) is 13.1 Å². The minimum Gasteiger partial charge on any atom is -0.481 e. The van der Waals surface area contributed by atoms with Crippen LogP contribution in [0.4, 0.5) is 0 Å². The molecule has 0 fully saturated rings. The van der Waals surface area contributed by atoms with E-state index in [1.165, 1.54) is 24.8 Å². The fraction of sp³-hybridized carbons (Fsp3) is 0.739. The molecule has 0 unspecified atom stereocenters.